The molecule has 33 heavy (non-hydrogen) atoms. The predicted molar refractivity (Wildman–Crippen MR) is 129 cm³/mol. The summed E-state index contributed by atoms with van der Waals surface area (Å²) in [5.74, 6) is -1.07. The third-order valence-electron chi connectivity index (χ3n) is 6.50. The Balaban J connectivity index is 1.76. The molecule has 5 nitrogen and oxygen atoms in total. The first-order chi connectivity index (χ1) is 15.8. The summed E-state index contributed by atoms with van der Waals surface area (Å²) in [5, 5.41) is 3.96. The molecule has 1 aliphatic carbocycles. The van der Waals surface area contributed by atoms with Gasteiger partial charge in [0.2, 0.25) is 0 Å². The molecule has 0 bridgehead atoms. The molecule has 1 aromatic heterocycles. The van der Waals surface area contributed by atoms with Crippen LogP contribution in [0.2, 0.25) is 5.02 Å². The van der Waals surface area contributed by atoms with Crippen molar-refractivity contribution in [3.8, 4) is 5.69 Å². The Morgan fingerprint density at radius 3 is 2.45 bits per heavy atom. The molecule has 1 atom stereocenters. The Labute approximate surface area is 197 Å². The summed E-state index contributed by atoms with van der Waals surface area (Å²) in [6.07, 6.45) is 0. The number of carbonyl (C=O) groups excluding carboxylic acids is 2. The molecular formula is C27H23ClN2O3. The lowest BCUT2D eigenvalue weighted by Gasteiger charge is -2.29. The van der Waals surface area contributed by atoms with Crippen molar-refractivity contribution in [3.05, 3.63) is 105 Å². The normalized spacial score (nSPS) is 17.1. The molecule has 5 rings (SSSR count). The number of carbonyl (C=O) groups is 2. The van der Waals surface area contributed by atoms with E-state index < -0.39 is 11.9 Å². The number of rotatable bonds is 3. The van der Waals surface area contributed by atoms with Crippen LogP contribution in [0.4, 0.5) is 0 Å². The summed E-state index contributed by atoms with van der Waals surface area (Å²) in [5.41, 5.74) is 7.70. The number of Topliss-reactive ketones (excluding diaryl/α,β-unsaturated/α-hetero) is 1. The highest BCUT2D eigenvalue weighted by Crippen LogP contribution is 2.48. The number of aryl methyl sites for hydroxylation is 1. The van der Waals surface area contributed by atoms with E-state index in [1.165, 1.54) is 7.11 Å². The molecule has 0 saturated carbocycles. The highest BCUT2D eigenvalue weighted by Gasteiger charge is 2.43. The number of fused-ring (bicyclic) bond motifs is 2. The van der Waals surface area contributed by atoms with Crippen molar-refractivity contribution >= 4 is 29.1 Å². The van der Waals surface area contributed by atoms with Gasteiger partial charge in [-0.05, 0) is 50.6 Å². The molecule has 3 aromatic rings. The van der Waals surface area contributed by atoms with Crippen molar-refractivity contribution < 1.29 is 14.3 Å². The fraction of sp³-hybridized carbons (Fsp3) is 0.185. The lowest BCUT2D eigenvalue weighted by Crippen LogP contribution is -2.29. The third-order valence-corrected chi connectivity index (χ3v) is 6.74. The van der Waals surface area contributed by atoms with Gasteiger partial charge in [0.1, 0.15) is 0 Å². The highest BCUT2D eigenvalue weighted by molar-refractivity contribution is 6.30. The molecule has 1 N–H and O–H groups in total. The number of hydrogen-bond acceptors (Lipinski definition) is 4. The molecule has 2 heterocycles. The van der Waals surface area contributed by atoms with Crippen molar-refractivity contribution in [3.63, 3.8) is 0 Å². The summed E-state index contributed by atoms with van der Waals surface area (Å²) >= 11 is 6.26. The Morgan fingerprint density at radius 1 is 1.03 bits per heavy atom. The second-order valence-electron chi connectivity index (χ2n) is 8.39. The number of allylic oxidation sites excluding steroid dienone is 2. The van der Waals surface area contributed by atoms with Crippen LogP contribution in [0.1, 0.15) is 45.7 Å². The number of nitrogens with one attached hydrogen (secondary N) is 1. The molecule has 2 aliphatic rings. The van der Waals surface area contributed by atoms with E-state index in [0.29, 0.717) is 27.4 Å². The SMILES string of the molecule is COC(=O)C1=C(C)NC2=C(C(=O)c3ccccc32)[C@@H]1c1cc(C)n(-c2cccc(Cl)c2)c1C. The van der Waals surface area contributed by atoms with Crippen LogP contribution in [0.25, 0.3) is 11.4 Å². The Bertz CT molecular complexity index is 1410. The largest absolute Gasteiger partial charge is 0.466 e. The van der Waals surface area contributed by atoms with Gasteiger partial charge in [-0.2, -0.15) is 0 Å². The number of ketones is 1. The second-order valence-corrected chi connectivity index (χ2v) is 8.83. The Morgan fingerprint density at radius 2 is 1.76 bits per heavy atom. The van der Waals surface area contributed by atoms with Gasteiger partial charge < -0.3 is 14.6 Å². The topological polar surface area (TPSA) is 60.3 Å². The number of esters is 1. The maximum Gasteiger partial charge on any atom is 0.336 e. The van der Waals surface area contributed by atoms with E-state index >= 15 is 0 Å². The van der Waals surface area contributed by atoms with Gasteiger partial charge >= 0.3 is 5.97 Å². The second kappa shape index (κ2) is 7.78. The smallest absolute Gasteiger partial charge is 0.336 e. The van der Waals surface area contributed by atoms with E-state index in [-0.39, 0.29) is 5.78 Å². The zero-order chi connectivity index (χ0) is 23.4. The predicted octanol–water partition coefficient (Wildman–Crippen LogP) is 5.49. The van der Waals surface area contributed by atoms with Crippen molar-refractivity contribution in [2.24, 2.45) is 0 Å². The average molecular weight is 459 g/mol. The first-order valence-electron chi connectivity index (χ1n) is 10.7. The molecule has 2 aromatic carbocycles. The molecule has 0 amide bonds. The maximum absolute atomic E-state index is 13.6. The maximum atomic E-state index is 13.6. The zero-order valence-electron chi connectivity index (χ0n) is 18.8. The van der Waals surface area contributed by atoms with E-state index in [1.54, 1.807) is 0 Å². The average Bonchev–Trinajstić information content (AvgIpc) is 3.25. The van der Waals surface area contributed by atoms with Gasteiger partial charge in [0.05, 0.1) is 24.3 Å². The molecule has 1 aliphatic heterocycles. The molecule has 0 fully saturated rings. The van der Waals surface area contributed by atoms with Crippen LogP contribution in [-0.4, -0.2) is 23.4 Å². The van der Waals surface area contributed by atoms with E-state index in [9.17, 15) is 9.59 Å². The van der Waals surface area contributed by atoms with Crippen LogP contribution in [-0.2, 0) is 9.53 Å². The summed E-state index contributed by atoms with van der Waals surface area (Å²) in [7, 11) is 1.37. The van der Waals surface area contributed by atoms with Crippen molar-refractivity contribution in [2.75, 3.05) is 7.11 Å². The quantitative estimate of drug-likeness (QED) is 0.527. The Kier molecular flexibility index (Phi) is 5.02. The van der Waals surface area contributed by atoms with Crippen molar-refractivity contribution in [1.82, 2.24) is 9.88 Å². The molecule has 0 unspecified atom stereocenters. The van der Waals surface area contributed by atoms with E-state index in [4.69, 9.17) is 16.3 Å². The summed E-state index contributed by atoms with van der Waals surface area (Å²) in [6, 6.07) is 17.2. The van der Waals surface area contributed by atoms with Crippen LogP contribution in [0, 0.1) is 13.8 Å². The number of aromatic nitrogens is 1. The number of ether oxygens (including phenoxy) is 1. The van der Waals surface area contributed by atoms with Crippen LogP contribution in [0.5, 0.6) is 0 Å². The van der Waals surface area contributed by atoms with Gasteiger partial charge in [-0.3, -0.25) is 4.79 Å². The van der Waals surface area contributed by atoms with Gasteiger partial charge in [-0.1, -0.05) is 41.9 Å². The van der Waals surface area contributed by atoms with Crippen LogP contribution in [0.3, 0.4) is 0 Å². The van der Waals surface area contributed by atoms with Gasteiger partial charge in [0, 0.05) is 44.5 Å². The fourth-order valence-electron chi connectivity index (χ4n) is 5.11. The van der Waals surface area contributed by atoms with Crippen LogP contribution in [0.15, 0.2) is 71.4 Å². The summed E-state index contributed by atoms with van der Waals surface area (Å²) in [6.45, 7) is 5.86. The molecule has 0 saturated heterocycles. The fourth-order valence-corrected chi connectivity index (χ4v) is 5.30. The lowest BCUT2D eigenvalue weighted by atomic mass is 9.79. The first-order valence-corrected chi connectivity index (χ1v) is 11.1. The van der Waals surface area contributed by atoms with Crippen LogP contribution >= 0.6 is 11.6 Å². The van der Waals surface area contributed by atoms with Gasteiger partial charge in [-0.25, -0.2) is 4.79 Å². The zero-order valence-corrected chi connectivity index (χ0v) is 19.6. The number of benzene rings is 2. The van der Waals surface area contributed by atoms with Crippen molar-refractivity contribution in [1.29, 1.82) is 0 Å². The monoisotopic (exact) mass is 458 g/mol. The van der Waals surface area contributed by atoms with E-state index in [0.717, 1.165) is 33.9 Å². The number of halogens is 1. The number of nitrogens with zero attached hydrogens (tertiary/aromatic N) is 1. The van der Waals surface area contributed by atoms with Gasteiger partial charge in [-0.15, -0.1) is 0 Å². The summed E-state index contributed by atoms with van der Waals surface area (Å²) in [4.78, 5) is 26.6. The van der Waals surface area contributed by atoms with Gasteiger partial charge in [0.25, 0.3) is 0 Å². The molecular weight excluding hydrogens is 436 g/mol. The highest BCUT2D eigenvalue weighted by atomic mass is 35.5. The molecule has 166 valence electrons. The minimum atomic E-state index is -0.548. The molecule has 6 heteroatoms. The Hall–Kier alpha value is -3.57. The molecule has 0 spiro atoms. The van der Waals surface area contributed by atoms with E-state index in [2.05, 4.69) is 9.88 Å². The minimum Gasteiger partial charge on any atom is -0.466 e. The van der Waals surface area contributed by atoms with Crippen LogP contribution < -0.4 is 5.32 Å². The summed E-state index contributed by atoms with van der Waals surface area (Å²) < 4.78 is 7.25. The number of dihydropyridines is 1. The molecule has 0 radical (unpaired) electrons. The third kappa shape index (κ3) is 3.15. The standard InChI is InChI=1S/C27H23ClN2O3/c1-14-12-21(16(3)30(14)18-9-7-8-17(28)13-18)23-22(27(32)33-4)15(2)29-25-19-10-5-6-11-20(19)26(31)24(23)25/h5-13,23,29H,1-4H3/t23-/m1/s1. The number of hydrogen-bond donors (Lipinski definition) is 1. The van der Waals surface area contributed by atoms with Gasteiger partial charge in [0.15, 0.2) is 5.78 Å². The minimum absolute atomic E-state index is 0.0699. The van der Waals surface area contributed by atoms with Crippen molar-refractivity contribution in [2.45, 2.75) is 26.7 Å². The van der Waals surface area contributed by atoms with E-state index in [1.807, 2.05) is 75.4 Å². The number of methoxy groups -OCH3 is 1. The lowest BCUT2D eigenvalue weighted by molar-refractivity contribution is -0.136. The first kappa shape index (κ1) is 21.3.